The summed E-state index contributed by atoms with van der Waals surface area (Å²) in [5.74, 6) is 0.937. The van der Waals surface area contributed by atoms with Crippen molar-refractivity contribution in [3.05, 3.63) is 93.5 Å². The summed E-state index contributed by atoms with van der Waals surface area (Å²) in [6, 6.07) is 21.2. The molecule has 0 fully saturated rings. The highest BCUT2D eigenvalue weighted by atomic mass is 32.1. The Bertz CT molecular complexity index is 1490. The van der Waals surface area contributed by atoms with E-state index in [0.717, 1.165) is 5.56 Å². The molecule has 4 rings (SSSR count). The van der Waals surface area contributed by atoms with E-state index >= 15 is 0 Å². The molecule has 0 aliphatic carbocycles. The lowest BCUT2D eigenvalue weighted by molar-refractivity contribution is 0.340. The first-order valence-corrected chi connectivity index (χ1v) is 11.3. The zero-order chi connectivity index (χ0) is 24.9. The van der Waals surface area contributed by atoms with Gasteiger partial charge < -0.3 is 14.6 Å². The Hall–Kier alpha value is -4.24. The molecule has 1 N–H and O–H groups in total. The molecule has 9 heteroatoms. The van der Waals surface area contributed by atoms with Crippen molar-refractivity contribution in [2.75, 3.05) is 13.7 Å². The lowest BCUT2D eigenvalue weighted by Gasteiger charge is -2.17. The molecule has 178 valence electrons. The first-order valence-electron chi connectivity index (χ1n) is 10.9. The van der Waals surface area contributed by atoms with E-state index < -0.39 is 11.4 Å². The highest BCUT2D eigenvalue weighted by Crippen LogP contribution is 2.30. The van der Waals surface area contributed by atoms with Crippen molar-refractivity contribution in [2.45, 2.75) is 13.8 Å². The van der Waals surface area contributed by atoms with Crippen molar-refractivity contribution < 1.29 is 14.6 Å². The van der Waals surface area contributed by atoms with E-state index in [1.807, 2.05) is 32.0 Å². The van der Waals surface area contributed by atoms with Crippen LogP contribution in [-0.4, -0.2) is 28.0 Å². The summed E-state index contributed by atoms with van der Waals surface area (Å²) in [5, 5.41) is 19.5. The molecule has 4 aromatic rings. The summed E-state index contributed by atoms with van der Waals surface area (Å²) in [4.78, 5) is 13.5. The number of nitrogens with zero attached hydrogens (tertiary/aromatic N) is 4. The van der Waals surface area contributed by atoms with Gasteiger partial charge in [-0.2, -0.15) is 5.11 Å². The first-order chi connectivity index (χ1) is 16.9. The highest BCUT2D eigenvalue weighted by Gasteiger charge is 2.20. The number of para-hydroxylation sites is 1. The van der Waals surface area contributed by atoms with Gasteiger partial charge in [-0.05, 0) is 86.2 Å². The van der Waals surface area contributed by atoms with Crippen molar-refractivity contribution in [1.29, 1.82) is 0 Å². The number of hydrogen-bond acceptors (Lipinski definition) is 7. The van der Waals surface area contributed by atoms with Crippen molar-refractivity contribution in [2.24, 2.45) is 10.2 Å². The number of hydrogen-bond donors (Lipinski definition) is 1. The Morgan fingerprint density at radius 1 is 0.914 bits per heavy atom. The van der Waals surface area contributed by atoms with Crippen LogP contribution in [0.5, 0.6) is 17.4 Å². The number of aromatic nitrogens is 2. The standard InChI is InChI=1S/C26H24N4O4S/c1-4-34-21-13-9-18(10-14-21)27-28-23-24(31)29(19-11-15-20(33-3)16-12-19)26(35)30(25(23)32)22-8-6-5-7-17(22)2/h5-16,32H,4H2,1-3H3. The SMILES string of the molecule is CCOc1ccc(N=Nc2c(O)n(-c3ccccc3C)c(=S)n(-c3ccc(OC)cc3)c2=O)cc1. The van der Waals surface area contributed by atoms with Gasteiger partial charge >= 0.3 is 0 Å². The summed E-state index contributed by atoms with van der Waals surface area (Å²) in [5.41, 5.74) is 1.63. The molecule has 0 saturated heterocycles. The minimum absolute atomic E-state index is 0.0898. The number of benzene rings is 3. The molecule has 0 unspecified atom stereocenters. The van der Waals surface area contributed by atoms with Crippen LogP contribution in [0.25, 0.3) is 11.4 Å². The van der Waals surface area contributed by atoms with Gasteiger partial charge in [0, 0.05) is 0 Å². The molecule has 0 amide bonds. The lowest BCUT2D eigenvalue weighted by atomic mass is 10.2. The van der Waals surface area contributed by atoms with Gasteiger partial charge in [0.05, 0.1) is 30.8 Å². The van der Waals surface area contributed by atoms with Crippen LogP contribution in [0.3, 0.4) is 0 Å². The van der Waals surface area contributed by atoms with E-state index in [2.05, 4.69) is 10.2 Å². The molecule has 0 atom stereocenters. The van der Waals surface area contributed by atoms with Gasteiger partial charge in [-0.3, -0.25) is 13.9 Å². The van der Waals surface area contributed by atoms with E-state index in [-0.39, 0.29) is 10.5 Å². The van der Waals surface area contributed by atoms with Crippen molar-refractivity contribution in [3.63, 3.8) is 0 Å². The predicted octanol–water partition coefficient (Wildman–Crippen LogP) is 6.19. The van der Waals surface area contributed by atoms with Gasteiger partial charge in [0.25, 0.3) is 5.56 Å². The lowest BCUT2D eigenvalue weighted by Crippen LogP contribution is -2.23. The third-order valence-electron chi connectivity index (χ3n) is 5.31. The second-order valence-corrected chi connectivity index (χ2v) is 7.91. The fourth-order valence-electron chi connectivity index (χ4n) is 3.55. The zero-order valence-corrected chi connectivity index (χ0v) is 20.3. The Kier molecular flexibility index (Phi) is 7.07. The Morgan fingerprint density at radius 2 is 1.57 bits per heavy atom. The van der Waals surface area contributed by atoms with Gasteiger partial charge in [0.2, 0.25) is 11.6 Å². The largest absolute Gasteiger partial charge is 0.497 e. The number of methoxy groups -OCH3 is 1. The van der Waals surface area contributed by atoms with Crippen LogP contribution >= 0.6 is 12.2 Å². The molecule has 0 spiro atoms. The van der Waals surface area contributed by atoms with Gasteiger partial charge in [0.15, 0.2) is 4.77 Å². The third kappa shape index (κ3) is 4.85. The molecule has 0 saturated carbocycles. The van der Waals surface area contributed by atoms with Crippen molar-refractivity contribution >= 4 is 23.6 Å². The second-order valence-electron chi connectivity index (χ2n) is 7.54. The van der Waals surface area contributed by atoms with Crippen LogP contribution in [0.2, 0.25) is 0 Å². The quantitative estimate of drug-likeness (QED) is 0.247. The first kappa shape index (κ1) is 23.9. The summed E-state index contributed by atoms with van der Waals surface area (Å²) >= 11 is 5.68. The normalized spacial score (nSPS) is 11.1. The summed E-state index contributed by atoms with van der Waals surface area (Å²) in [7, 11) is 1.56. The minimum Gasteiger partial charge on any atom is -0.497 e. The molecule has 0 bridgehead atoms. The smallest absolute Gasteiger partial charge is 0.290 e. The maximum Gasteiger partial charge on any atom is 0.290 e. The average Bonchev–Trinajstić information content (AvgIpc) is 2.86. The van der Waals surface area contributed by atoms with Crippen LogP contribution in [0.15, 0.2) is 87.8 Å². The molecule has 35 heavy (non-hydrogen) atoms. The molecule has 3 aromatic carbocycles. The zero-order valence-electron chi connectivity index (χ0n) is 19.5. The molecule has 0 aliphatic heterocycles. The molecular weight excluding hydrogens is 464 g/mol. The summed E-state index contributed by atoms with van der Waals surface area (Å²) in [6.45, 7) is 4.34. The molecule has 1 aromatic heterocycles. The monoisotopic (exact) mass is 488 g/mol. The number of azo groups is 1. The van der Waals surface area contributed by atoms with Crippen LogP contribution in [0.1, 0.15) is 12.5 Å². The van der Waals surface area contributed by atoms with Crippen LogP contribution in [-0.2, 0) is 0 Å². The van der Waals surface area contributed by atoms with E-state index in [1.54, 1.807) is 61.7 Å². The van der Waals surface area contributed by atoms with Gasteiger partial charge in [-0.1, -0.05) is 18.2 Å². The maximum atomic E-state index is 13.5. The molecule has 1 heterocycles. The van der Waals surface area contributed by atoms with E-state index in [0.29, 0.717) is 35.2 Å². The fraction of sp³-hybridized carbons (Fsp3) is 0.154. The van der Waals surface area contributed by atoms with E-state index in [1.165, 1.54) is 9.13 Å². The number of aromatic hydroxyl groups is 1. The molecule has 0 aliphatic rings. The maximum absolute atomic E-state index is 13.5. The Morgan fingerprint density at radius 3 is 2.20 bits per heavy atom. The van der Waals surface area contributed by atoms with E-state index in [9.17, 15) is 9.90 Å². The predicted molar refractivity (Wildman–Crippen MR) is 137 cm³/mol. The molecular formula is C26H24N4O4S. The van der Waals surface area contributed by atoms with Gasteiger partial charge in [0.1, 0.15) is 11.5 Å². The van der Waals surface area contributed by atoms with Crippen LogP contribution < -0.4 is 15.0 Å². The second kappa shape index (κ2) is 10.4. The van der Waals surface area contributed by atoms with Gasteiger partial charge in [-0.25, -0.2) is 0 Å². The average molecular weight is 489 g/mol. The van der Waals surface area contributed by atoms with E-state index in [4.69, 9.17) is 21.7 Å². The minimum atomic E-state index is -0.600. The molecule has 8 nitrogen and oxygen atoms in total. The summed E-state index contributed by atoms with van der Waals surface area (Å²) < 4.78 is 13.5. The fourth-order valence-corrected chi connectivity index (χ4v) is 3.92. The summed E-state index contributed by atoms with van der Waals surface area (Å²) in [6.07, 6.45) is 0. The third-order valence-corrected chi connectivity index (χ3v) is 5.68. The van der Waals surface area contributed by atoms with Crippen LogP contribution in [0.4, 0.5) is 11.4 Å². The number of rotatable bonds is 7. The van der Waals surface area contributed by atoms with Crippen molar-refractivity contribution in [1.82, 2.24) is 9.13 Å². The topological polar surface area (TPSA) is 90.3 Å². The van der Waals surface area contributed by atoms with Crippen molar-refractivity contribution in [3.8, 4) is 28.8 Å². The Labute approximate surface area is 207 Å². The number of ether oxygens (including phenoxy) is 2. The van der Waals surface area contributed by atoms with Crippen LogP contribution in [0, 0.1) is 11.7 Å². The number of aryl methyl sites for hydroxylation is 1. The Balaban J connectivity index is 1.93. The van der Waals surface area contributed by atoms with Gasteiger partial charge in [-0.15, -0.1) is 5.11 Å². The molecule has 0 radical (unpaired) electrons. The highest BCUT2D eigenvalue weighted by molar-refractivity contribution is 7.71.